The van der Waals surface area contributed by atoms with E-state index in [2.05, 4.69) is 19.2 Å². The molecule has 1 aliphatic heterocycles. The lowest BCUT2D eigenvalue weighted by atomic mass is 9.98. The van der Waals surface area contributed by atoms with Gasteiger partial charge in [-0.2, -0.15) is 0 Å². The van der Waals surface area contributed by atoms with E-state index in [1.165, 1.54) is 6.08 Å². The molecule has 3 aromatic rings. The Hall–Kier alpha value is -3.64. The molecule has 4 amide bonds. The Morgan fingerprint density at radius 2 is 1.69 bits per heavy atom. The number of halogens is 1. The van der Waals surface area contributed by atoms with Crippen molar-refractivity contribution in [2.45, 2.75) is 26.2 Å². The zero-order chi connectivity index (χ0) is 22.8. The average Bonchev–Trinajstić information content (AvgIpc) is 3.25. The number of rotatable bonds is 5. The molecule has 4 rings (SSSR count). The van der Waals surface area contributed by atoms with Gasteiger partial charge in [-0.15, -0.1) is 0 Å². The Bertz CT molecular complexity index is 1210. The second-order valence-corrected chi connectivity index (χ2v) is 8.00. The van der Waals surface area contributed by atoms with Crippen LogP contribution >= 0.6 is 11.6 Å². The largest absolute Gasteiger partial charge is 0.457 e. The van der Waals surface area contributed by atoms with Crippen molar-refractivity contribution in [3.63, 3.8) is 0 Å². The summed E-state index contributed by atoms with van der Waals surface area (Å²) in [6.07, 6.45) is 2.31. The summed E-state index contributed by atoms with van der Waals surface area (Å²) >= 11 is 5.92. The first-order valence-corrected chi connectivity index (χ1v) is 10.6. The average molecular weight is 449 g/mol. The summed E-state index contributed by atoms with van der Waals surface area (Å²) in [5.41, 5.74) is 2.11. The predicted octanol–water partition coefficient (Wildman–Crippen LogP) is 5.78. The van der Waals surface area contributed by atoms with Crippen LogP contribution in [0, 0.1) is 0 Å². The Balaban J connectivity index is 1.62. The van der Waals surface area contributed by atoms with E-state index in [-0.39, 0.29) is 5.57 Å². The van der Waals surface area contributed by atoms with Crippen molar-refractivity contribution in [2.75, 3.05) is 4.90 Å². The van der Waals surface area contributed by atoms with Gasteiger partial charge in [0.05, 0.1) is 5.69 Å². The fourth-order valence-electron chi connectivity index (χ4n) is 3.42. The number of hydrogen-bond donors (Lipinski definition) is 1. The molecule has 1 atom stereocenters. The smallest absolute Gasteiger partial charge is 0.335 e. The maximum absolute atomic E-state index is 13.1. The third-order valence-corrected chi connectivity index (χ3v) is 5.73. The highest BCUT2D eigenvalue weighted by Crippen LogP contribution is 2.28. The van der Waals surface area contributed by atoms with E-state index in [1.54, 1.807) is 48.5 Å². The van der Waals surface area contributed by atoms with Gasteiger partial charge in [0, 0.05) is 10.6 Å². The van der Waals surface area contributed by atoms with Crippen molar-refractivity contribution in [3.8, 4) is 11.3 Å². The molecule has 1 saturated heterocycles. The summed E-state index contributed by atoms with van der Waals surface area (Å²) in [5.74, 6) is -0.238. The zero-order valence-corrected chi connectivity index (χ0v) is 18.3. The van der Waals surface area contributed by atoms with Crippen LogP contribution < -0.4 is 10.2 Å². The topological polar surface area (TPSA) is 79.6 Å². The quantitative estimate of drug-likeness (QED) is 0.396. The van der Waals surface area contributed by atoms with Crippen LogP contribution in [0.3, 0.4) is 0 Å². The number of hydrogen-bond acceptors (Lipinski definition) is 4. The van der Waals surface area contributed by atoms with Crippen LogP contribution in [0.5, 0.6) is 0 Å². The Morgan fingerprint density at radius 3 is 2.34 bits per heavy atom. The number of anilines is 1. The highest BCUT2D eigenvalue weighted by atomic mass is 35.5. The highest BCUT2D eigenvalue weighted by Gasteiger charge is 2.37. The van der Waals surface area contributed by atoms with Crippen molar-refractivity contribution in [1.82, 2.24) is 5.32 Å². The SMILES string of the molecule is CCC(C)c1ccc(N2C(=O)NC(=O)/C(=C/c3ccc(-c4ccc(Cl)cc4)o3)C2=O)cc1. The number of amides is 4. The molecule has 2 heterocycles. The summed E-state index contributed by atoms with van der Waals surface area (Å²) < 4.78 is 5.78. The molecule has 6 nitrogen and oxygen atoms in total. The Morgan fingerprint density at radius 1 is 1.00 bits per heavy atom. The van der Waals surface area contributed by atoms with E-state index in [0.29, 0.717) is 28.1 Å². The van der Waals surface area contributed by atoms with Crippen LogP contribution in [-0.4, -0.2) is 17.8 Å². The number of furan rings is 1. The summed E-state index contributed by atoms with van der Waals surface area (Å²) in [6, 6.07) is 16.9. The number of urea groups is 1. The third kappa shape index (κ3) is 4.22. The van der Waals surface area contributed by atoms with E-state index in [1.807, 2.05) is 12.1 Å². The van der Waals surface area contributed by atoms with Crippen molar-refractivity contribution >= 4 is 41.2 Å². The standard InChI is InChI=1S/C25H21ClN2O4/c1-3-15(2)16-6-10-19(11-7-16)28-24(30)21(23(29)27-25(28)31)14-20-12-13-22(32-20)17-4-8-18(26)9-5-17/h4-15H,3H2,1-2H3,(H,27,29,31)/b21-14-. The molecule has 0 spiro atoms. The van der Waals surface area contributed by atoms with E-state index in [0.717, 1.165) is 22.4 Å². The van der Waals surface area contributed by atoms with Crippen LogP contribution in [0.1, 0.15) is 37.5 Å². The molecule has 162 valence electrons. The molecular weight excluding hydrogens is 428 g/mol. The molecule has 2 aromatic carbocycles. The van der Waals surface area contributed by atoms with Gasteiger partial charge in [0.25, 0.3) is 11.8 Å². The molecule has 1 aromatic heterocycles. The predicted molar refractivity (Wildman–Crippen MR) is 123 cm³/mol. The van der Waals surface area contributed by atoms with Gasteiger partial charge in [0.1, 0.15) is 17.1 Å². The Labute approximate surface area is 190 Å². The monoisotopic (exact) mass is 448 g/mol. The lowest BCUT2D eigenvalue weighted by Crippen LogP contribution is -2.54. The van der Waals surface area contributed by atoms with Crippen molar-refractivity contribution in [2.24, 2.45) is 0 Å². The summed E-state index contributed by atoms with van der Waals surface area (Å²) in [5, 5.41) is 2.83. The number of carbonyl (C=O) groups is 3. The number of benzene rings is 2. The van der Waals surface area contributed by atoms with Gasteiger partial charge in [-0.1, -0.05) is 37.6 Å². The minimum atomic E-state index is -0.783. The first kappa shape index (κ1) is 21.6. The maximum atomic E-state index is 13.1. The number of nitrogens with zero attached hydrogens (tertiary/aromatic N) is 1. The first-order chi connectivity index (χ1) is 15.4. The fraction of sp³-hybridized carbons (Fsp3) is 0.160. The third-order valence-electron chi connectivity index (χ3n) is 5.48. The summed E-state index contributed by atoms with van der Waals surface area (Å²) in [7, 11) is 0. The minimum Gasteiger partial charge on any atom is -0.457 e. The highest BCUT2D eigenvalue weighted by molar-refractivity contribution is 6.39. The molecular formula is C25H21ClN2O4. The molecule has 7 heteroatoms. The molecule has 1 fully saturated rings. The van der Waals surface area contributed by atoms with E-state index >= 15 is 0 Å². The van der Waals surface area contributed by atoms with Crippen molar-refractivity contribution in [1.29, 1.82) is 0 Å². The zero-order valence-electron chi connectivity index (χ0n) is 17.6. The van der Waals surface area contributed by atoms with Crippen molar-refractivity contribution in [3.05, 3.63) is 82.6 Å². The van der Waals surface area contributed by atoms with Gasteiger partial charge < -0.3 is 4.42 Å². The van der Waals surface area contributed by atoms with Gasteiger partial charge in [-0.3, -0.25) is 14.9 Å². The summed E-state index contributed by atoms with van der Waals surface area (Å²) in [6.45, 7) is 4.20. The first-order valence-electron chi connectivity index (χ1n) is 10.2. The molecule has 0 radical (unpaired) electrons. The minimum absolute atomic E-state index is 0.187. The van der Waals surface area contributed by atoms with Crippen LogP contribution in [0.2, 0.25) is 5.02 Å². The van der Waals surface area contributed by atoms with Crippen LogP contribution in [-0.2, 0) is 9.59 Å². The lowest BCUT2D eigenvalue weighted by Gasteiger charge is -2.26. The van der Waals surface area contributed by atoms with E-state index < -0.39 is 17.8 Å². The Kier molecular flexibility index (Phi) is 5.97. The second-order valence-electron chi connectivity index (χ2n) is 7.57. The number of nitrogens with one attached hydrogen (secondary N) is 1. The van der Waals surface area contributed by atoms with Gasteiger partial charge in [-0.05, 0) is 72.5 Å². The molecule has 1 unspecified atom stereocenters. The van der Waals surface area contributed by atoms with E-state index in [4.69, 9.17) is 16.0 Å². The van der Waals surface area contributed by atoms with Gasteiger partial charge in [-0.25, -0.2) is 9.69 Å². The van der Waals surface area contributed by atoms with Crippen LogP contribution in [0.15, 0.2) is 70.7 Å². The molecule has 1 aliphatic rings. The molecule has 0 aliphatic carbocycles. The lowest BCUT2D eigenvalue weighted by molar-refractivity contribution is -0.122. The molecule has 32 heavy (non-hydrogen) atoms. The second kappa shape index (κ2) is 8.85. The van der Waals surface area contributed by atoms with Crippen LogP contribution in [0.25, 0.3) is 17.4 Å². The fourth-order valence-corrected chi connectivity index (χ4v) is 3.55. The number of barbiturate groups is 1. The normalized spacial score (nSPS) is 16.4. The van der Waals surface area contributed by atoms with Gasteiger partial charge in [0.15, 0.2) is 0 Å². The number of carbonyl (C=O) groups excluding carboxylic acids is 3. The molecule has 1 N–H and O–H groups in total. The molecule has 0 bridgehead atoms. The maximum Gasteiger partial charge on any atom is 0.335 e. The number of imide groups is 2. The van der Waals surface area contributed by atoms with E-state index in [9.17, 15) is 14.4 Å². The molecule has 0 saturated carbocycles. The van der Waals surface area contributed by atoms with Crippen molar-refractivity contribution < 1.29 is 18.8 Å². The van der Waals surface area contributed by atoms with Gasteiger partial charge >= 0.3 is 6.03 Å². The van der Waals surface area contributed by atoms with Crippen LogP contribution in [0.4, 0.5) is 10.5 Å². The van der Waals surface area contributed by atoms with Gasteiger partial charge in [0.2, 0.25) is 0 Å². The summed E-state index contributed by atoms with van der Waals surface area (Å²) in [4.78, 5) is 38.8.